The fourth-order valence-corrected chi connectivity index (χ4v) is 1.66. The molecule has 1 atom stereocenters. The number of carbonyl (C=O) groups is 1. The van der Waals surface area contributed by atoms with Crippen molar-refractivity contribution in [3.8, 4) is 0 Å². The highest BCUT2D eigenvalue weighted by molar-refractivity contribution is 5.78. The van der Waals surface area contributed by atoms with Gasteiger partial charge >= 0.3 is 0 Å². The van der Waals surface area contributed by atoms with E-state index in [4.69, 9.17) is 4.74 Å². The van der Waals surface area contributed by atoms with Crippen LogP contribution in [0.1, 0.15) is 40.5 Å². The van der Waals surface area contributed by atoms with Gasteiger partial charge in [0.2, 0.25) is 5.91 Å². The van der Waals surface area contributed by atoms with Crippen molar-refractivity contribution in [1.82, 2.24) is 4.90 Å². The molecule has 1 amide bonds. The number of hydrogen-bond donors (Lipinski definition) is 0. The maximum Gasteiger partial charge on any atom is 0.248 e. The summed E-state index contributed by atoms with van der Waals surface area (Å²) in [6, 6.07) is 0.395. The van der Waals surface area contributed by atoms with Crippen LogP contribution in [0.2, 0.25) is 0 Å². The first-order valence-corrected chi connectivity index (χ1v) is 5.33. The number of likely N-dealkylation sites (tertiary alicyclic amines) is 1. The number of amides is 1. The van der Waals surface area contributed by atoms with Crippen molar-refractivity contribution in [2.75, 3.05) is 13.2 Å². The van der Waals surface area contributed by atoms with Crippen LogP contribution < -0.4 is 0 Å². The van der Waals surface area contributed by atoms with E-state index in [0.29, 0.717) is 6.04 Å². The maximum absolute atomic E-state index is 11.7. The minimum Gasteiger partial charge on any atom is -0.366 e. The van der Waals surface area contributed by atoms with Crippen LogP contribution in [0.5, 0.6) is 0 Å². The number of nitrogens with zero attached hydrogens (tertiary/aromatic N) is 1. The summed E-state index contributed by atoms with van der Waals surface area (Å²) in [4.78, 5) is 13.6. The average Bonchev–Trinajstić information content (AvgIpc) is 2.46. The van der Waals surface area contributed by atoms with E-state index in [1.165, 1.54) is 0 Å². The summed E-state index contributed by atoms with van der Waals surface area (Å²) >= 11 is 0. The van der Waals surface area contributed by atoms with Crippen molar-refractivity contribution < 1.29 is 9.53 Å². The Morgan fingerprint density at radius 3 is 2.57 bits per heavy atom. The van der Waals surface area contributed by atoms with Crippen LogP contribution in [0.25, 0.3) is 0 Å². The Labute approximate surface area is 86.4 Å². The van der Waals surface area contributed by atoms with Gasteiger partial charge in [0.1, 0.15) is 6.61 Å². The molecule has 0 bridgehead atoms. The monoisotopic (exact) mass is 199 g/mol. The molecule has 0 aromatic rings. The molecule has 0 N–H and O–H groups in total. The van der Waals surface area contributed by atoms with Crippen LogP contribution in [0.15, 0.2) is 0 Å². The standard InChI is InChI=1S/C11H21NO2/c1-9-6-5-7-12(9)10(13)8-14-11(2,3)4/h9H,5-8H2,1-4H3. The lowest BCUT2D eigenvalue weighted by atomic mass is 10.2. The third kappa shape index (κ3) is 3.29. The summed E-state index contributed by atoms with van der Waals surface area (Å²) in [5.74, 6) is 0.130. The molecule has 3 heteroatoms. The Kier molecular flexibility index (Phi) is 3.53. The van der Waals surface area contributed by atoms with Gasteiger partial charge in [-0.25, -0.2) is 0 Å². The molecule has 0 aromatic heterocycles. The van der Waals surface area contributed by atoms with Crippen molar-refractivity contribution in [3.05, 3.63) is 0 Å². The van der Waals surface area contributed by atoms with E-state index in [1.807, 2.05) is 25.7 Å². The molecule has 1 rings (SSSR count). The zero-order valence-electron chi connectivity index (χ0n) is 9.67. The minimum atomic E-state index is -0.224. The Hall–Kier alpha value is -0.570. The Balaban J connectivity index is 2.35. The first-order chi connectivity index (χ1) is 6.40. The molecule has 0 aliphatic carbocycles. The Bertz CT molecular complexity index is 208. The zero-order valence-corrected chi connectivity index (χ0v) is 9.67. The normalized spacial score (nSPS) is 22.9. The van der Waals surface area contributed by atoms with Gasteiger partial charge in [0.05, 0.1) is 5.60 Å². The largest absolute Gasteiger partial charge is 0.366 e. The highest BCUT2D eigenvalue weighted by Crippen LogP contribution is 2.17. The molecule has 14 heavy (non-hydrogen) atoms. The smallest absolute Gasteiger partial charge is 0.248 e. The van der Waals surface area contributed by atoms with Crippen molar-refractivity contribution in [3.63, 3.8) is 0 Å². The lowest BCUT2D eigenvalue weighted by molar-refractivity contribution is -0.141. The molecule has 1 saturated heterocycles. The van der Waals surface area contributed by atoms with Crippen molar-refractivity contribution in [2.24, 2.45) is 0 Å². The topological polar surface area (TPSA) is 29.5 Å². The molecule has 0 saturated carbocycles. The fraction of sp³-hybridized carbons (Fsp3) is 0.909. The van der Waals surface area contributed by atoms with E-state index in [0.717, 1.165) is 19.4 Å². The van der Waals surface area contributed by atoms with Crippen LogP contribution in [0, 0.1) is 0 Å². The Morgan fingerprint density at radius 2 is 2.14 bits per heavy atom. The summed E-state index contributed by atoms with van der Waals surface area (Å²) in [5.41, 5.74) is -0.224. The van der Waals surface area contributed by atoms with E-state index in [-0.39, 0.29) is 18.1 Å². The average molecular weight is 199 g/mol. The molecule has 0 radical (unpaired) electrons. The second kappa shape index (κ2) is 4.30. The lowest BCUT2D eigenvalue weighted by Gasteiger charge is -2.24. The van der Waals surface area contributed by atoms with Crippen LogP contribution in [0.4, 0.5) is 0 Å². The molecule has 82 valence electrons. The predicted molar refractivity (Wildman–Crippen MR) is 56.1 cm³/mol. The van der Waals surface area contributed by atoms with E-state index in [9.17, 15) is 4.79 Å². The number of carbonyl (C=O) groups excluding carboxylic acids is 1. The minimum absolute atomic E-state index is 0.130. The van der Waals surface area contributed by atoms with Crippen molar-refractivity contribution in [2.45, 2.75) is 52.2 Å². The molecular formula is C11H21NO2. The molecule has 3 nitrogen and oxygen atoms in total. The highest BCUT2D eigenvalue weighted by atomic mass is 16.5. The molecule has 1 fully saturated rings. The summed E-state index contributed by atoms with van der Waals surface area (Å²) < 4.78 is 5.46. The van der Waals surface area contributed by atoms with E-state index >= 15 is 0 Å². The second-order valence-electron chi connectivity index (χ2n) is 4.98. The van der Waals surface area contributed by atoms with Gasteiger partial charge in [-0.15, -0.1) is 0 Å². The fourth-order valence-electron chi connectivity index (χ4n) is 1.66. The summed E-state index contributed by atoms with van der Waals surface area (Å²) in [6.07, 6.45) is 2.25. The van der Waals surface area contributed by atoms with E-state index in [2.05, 4.69) is 6.92 Å². The van der Waals surface area contributed by atoms with E-state index in [1.54, 1.807) is 0 Å². The molecule has 0 aromatic carbocycles. The SMILES string of the molecule is CC1CCCN1C(=O)COC(C)(C)C. The third-order valence-corrected chi connectivity index (χ3v) is 2.50. The first kappa shape index (κ1) is 11.5. The third-order valence-electron chi connectivity index (χ3n) is 2.50. The maximum atomic E-state index is 11.7. The summed E-state index contributed by atoms with van der Waals surface area (Å²) in [7, 11) is 0. The van der Waals surface area contributed by atoms with E-state index < -0.39 is 0 Å². The van der Waals surface area contributed by atoms with Gasteiger partial charge in [0.15, 0.2) is 0 Å². The number of ether oxygens (including phenoxy) is 1. The van der Waals surface area contributed by atoms with Crippen LogP contribution >= 0.6 is 0 Å². The van der Waals surface area contributed by atoms with Crippen molar-refractivity contribution in [1.29, 1.82) is 0 Å². The van der Waals surface area contributed by atoms with Gasteiger partial charge in [-0.05, 0) is 40.5 Å². The molecule has 1 heterocycles. The molecule has 1 aliphatic rings. The second-order valence-corrected chi connectivity index (χ2v) is 4.98. The van der Waals surface area contributed by atoms with Crippen LogP contribution in [0.3, 0.4) is 0 Å². The molecule has 0 spiro atoms. The Morgan fingerprint density at radius 1 is 1.50 bits per heavy atom. The van der Waals surface area contributed by atoms with Gasteiger partial charge in [-0.3, -0.25) is 4.79 Å². The van der Waals surface area contributed by atoms with Gasteiger partial charge in [0, 0.05) is 12.6 Å². The van der Waals surface area contributed by atoms with Gasteiger partial charge in [-0.1, -0.05) is 0 Å². The quantitative estimate of drug-likeness (QED) is 0.679. The van der Waals surface area contributed by atoms with Gasteiger partial charge in [0.25, 0.3) is 0 Å². The molecule has 1 unspecified atom stereocenters. The van der Waals surface area contributed by atoms with Crippen molar-refractivity contribution >= 4 is 5.91 Å². The highest BCUT2D eigenvalue weighted by Gasteiger charge is 2.25. The predicted octanol–water partition coefficient (Wildman–Crippen LogP) is 1.81. The molecule has 1 aliphatic heterocycles. The van der Waals surface area contributed by atoms with Gasteiger partial charge in [-0.2, -0.15) is 0 Å². The first-order valence-electron chi connectivity index (χ1n) is 5.33. The summed E-state index contributed by atoms with van der Waals surface area (Å²) in [5, 5.41) is 0. The van der Waals surface area contributed by atoms with Crippen LogP contribution in [-0.4, -0.2) is 35.6 Å². The molecular weight excluding hydrogens is 178 g/mol. The number of hydrogen-bond acceptors (Lipinski definition) is 2. The van der Waals surface area contributed by atoms with Gasteiger partial charge < -0.3 is 9.64 Å². The van der Waals surface area contributed by atoms with Crippen LogP contribution in [-0.2, 0) is 9.53 Å². The summed E-state index contributed by atoms with van der Waals surface area (Å²) in [6.45, 7) is 9.11. The lowest BCUT2D eigenvalue weighted by Crippen LogP contribution is -2.38. The number of rotatable bonds is 2. The zero-order chi connectivity index (χ0) is 10.8.